The number of unbranched alkanes of at least 4 members (excludes halogenated alkanes) is 2. The SMILES string of the molecule is COc1cc(OC)c(-c2cc(C(F)(F)F)ccc2F)cc1/C=C1\SC(=S)N(CCCCCC(=O)O)C1=O. The van der Waals surface area contributed by atoms with Crippen LogP contribution in [0.3, 0.4) is 0 Å². The minimum absolute atomic E-state index is 0.0460. The summed E-state index contributed by atoms with van der Waals surface area (Å²) in [5.41, 5.74) is -0.977. The lowest BCUT2D eigenvalue weighted by Gasteiger charge is -2.16. The summed E-state index contributed by atoms with van der Waals surface area (Å²) in [6.07, 6.45) is -1.48. The Morgan fingerprint density at radius 2 is 1.78 bits per heavy atom. The Bertz CT molecular complexity index is 1250. The molecule has 3 rings (SSSR count). The molecule has 1 aliphatic heterocycles. The van der Waals surface area contributed by atoms with E-state index in [1.54, 1.807) is 0 Å². The smallest absolute Gasteiger partial charge is 0.416 e. The molecule has 37 heavy (non-hydrogen) atoms. The van der Waals surface area contributed by atoms with Gasteiger partial charge >= 0.3 is 12.1 Å². The lowest BCUT2D eigenvalue weighted by Crippen LogP contribution is -2.29. The van der Waals surface area contributed by atoms with Gasteiger partial charge in [-0.25, -0.2) is 4.39 Å². The minimum Gasteiger partial charge on any atom is -0.496 e. The van der Waals surface area contributed by atoms with Crippen molar-refractivity contribution in [2.45, 2.75) is 31.9 Å². The molecule has 2 aromatic carbocycles. The van der Waals surface area contributed by atoms with E-state index in [0.29, 0.717) is 47.8 Å². The maximum atomic E-state index is 14.7. The van der Waals surface area contributed by atoms with E-state index in [0.717, 1.165) is 17.8 Å². The second-order valence-corrected chi connectivity index (χ2v) is 9.70. The highest BCUT2D eigenvalue weighted by atomic mass is 32.2. The third-order valence-corrected chi connectivity index (χ3v) is 6.95. The first-order chi connectivity index (χ1) is 17.5. The molecule has 1 N–H and O–H groups in total. The highest BCUT2D eigenvalue weighted by Gasteiger charge is 2.33. The van der Waals surface area contributed by atoms with Gasteiger partial charge in [0.2, 0.25) is 0 Å². The number of carboxylic acids is 1. The van der Waals surface area contributed by atoms with Crippen molar-refractivity contribution in [1.29, 1.82) is 0 Å². The molecular weight excluding hydrogens is 534 g/mol. The first kappa shape index (κ1) is 28.5. The largest absolute Gasteiger partial charge is 0.496 e. The van der Waals surface area contributed by atoms with Crippen LogP contribution < -0.4 is 9.47 Å². The molecule has 0 unspecified atom stereocenters. The van der Waals surface area contributed by atoms with Gasteiger partial charge in [-0.2, -0.15) is 13.2 Å². The van der Waals surface area contributed by atoms with Gasteiger partial charge in [-0.05, 0) is 43.2 Å². The molecule has 1 heterocycles. The fraction of sp³-hybridized carbons (Fsp3) is 0.320. The zero-order valence-corrected chi connectivity index (χ0v) is 21.5. The molecule has 0 aliphatic carbocycles. The van der Waals surface area contributed by atoms with Gasteiger partial charge in [0.15, 0.2) is 0 Å². The Hall–Kier alpha value is -3.12. The number of ether oxygens (including phenoxy) is 2. The Balaban J connectivity index is 1.95. The standard InChI is InChI=1S/C25H23F4NO5S2/c1-34-19-13-20(35-2)17(16-12-15(25(27,28)29)7-8-18(16)26)10-14(19)11-21-23(33)30(24(36)37-21)9-5-3-4-6-22(31)32/h7-8,10-13H,3-6,9H2,1-2H3,(H,31,32)/b21-11-. The van der Waals surface area contributed by atoms with Gasteiger partial charge in [-0.1, -0.05) is 30.4 Å². The maximum Gasteiger partial charge on any atom is 0.416 e. The van der Waals surface area contributed by atoms with Crippen molar-refractivity contribution in [3.8, 4) is 22.6 Å². The lowest BCUT2D eigenvalue weighted by atomic mass is 9.98. The third kappa shape index (κ3) is 6.80. The van der Waals surface area contributed by atoms with Gasteiger partial charge < -0.3 is 14.6 Å². The molecule has 1 fully saturated rings. The fourth-order valence-electron chi connectivity index (χ4n) is 3.71. The first-order valence-electron chi connectivity index (χ1n) is 11.1. The van der Waals surface area contributed by atoms with E-state index in [1.807, 2.05) is 0 Å². The van der Waals surface area contributed by atoms with Crippen LogP contribution >= 0.6 is 24.0 Å². The summed E-state index contributed by atoms with van der Waals surface area (Å²) in [5, 5.41) is 8.73. The van der Waals surface area contributed by atoms with Crippen molar-refractivity contribution in [2.75, 3.05) is 20.8 Å². The zero-order chi connectivity index (χ0) is 27.3. The number of hydrogen-bond donors (Lipinski definition) is 1. The third-order valence-electron chi connectivity index (χ3n) is 5.57. The first-order valence-corrected chi connectivity index (χ1v) is 12.3. The molecule has 0 aromatic heterocycles. The molecule has 0 spiro atoms. The Morgan fingerprint density at radius 3 is 2.41 bits per heavy atom. The molecular formula is C25H23F4NO5S2. The molecule has 0 atom stereocenters. The molecule has 1 amide bonds. The van der Waals surface area contributed by atoms with Gasteiger partial charge in [-0.3, -0.25) is 14.5 Å². The number of thiocarbonyl (C=S) groups is 1. The fourth-order valence-corrected chi connectivity index (χ4v) is 5.01. The highest BCUT2D eigenvalue weighted by molar-refractivity contribution is 8.26. The van der Waals surface area contributed by atoms with Crippen LogP contribution in [0.2, 0.25) is 0 Å². The van der Waals surface area contributed by atoms with Crippen LogP contribution in [0.1, 0.15) is 36.8 Å². The van der Waals surface area contributed by atoms with E-state index in [9.17, 15) is 27.2 Å². The number of rotatable bonds is 10. The average Bonchev–Trinajstić information content (AvgIpc) is 3.10. The number of amides is 1. The lowest BCUT2D eigenvalue weighted by molar-refractivity contribution is -0.138. The summed E-state index contributed by atoms with van der Waals surface area (Å²) in [4.78, 5) is 25.3. The van der Waals surface area contributed by atoms with Crippen LogP contribution in [0.25, 0.3) is 17.2 Å². The minimum atomic E-state index is -4.67. The van der Waals surface area contributed by atoms with Crippen molar-refractivity contribution < 1.29 is 41.7 Å². The summed E-state index contributed by atoms with van der Waals surface area (Å²) in [6, 6.07) is 4.90. The Morgan fingerprint density at radius 1 is 1.08 bits per heavy atom. The van der Waals surface area contributed by atoms with Gasteiger partial charge in [0.1, 0.15) is 21.6 Å². The average molecular weight is 558 g/mol. The van der Waals surface area contributed by atoms with Crippen molar-refractivity contribution >= 4 is 46.3 Å². The molecule has 198 valence electrons. The van der Waals surface area contributed by atoms with Crippen LogP contribution in [0, 0.1) is 5.82 Å². The van der Waals surface area contributed by atoms with E-state index in [-0.39, 0.29) is 39.9 Å². The second-order valence-electron chi connectivity index (χ2n) is 8.02. The molecule has 2 aromatic rings. The van der Waals surface area contributed by atoms with Crippen LogP contribution in [0.15, 0.2) is 35.2 Å². The second kappa shape index (κ2) is 12.0. The van der Waals surface area contributed by atoms with Crippen molar-refractivity contribution in [3.63, 3.8) is 0 Å². The Labute approximate surface area is 220 Å². The zero-order valence-electron chi connectivity index (χ0n) is 19.9. The number of benzene rings is 2. The van der Waals surface area contributed by atoms with Crippen molar-refractivity contribution in [1.82, 2.24) is 4.90 Å². The summed E-state index contributed by atoms with van der Waals surface area (Å²) >= 11 is 6.38. The molecule has 0 radical (unpaired) electrons. The monoisotopic (exact) mass is 557 g/mol. The number of hydrogen-bond acceptors (Lipinski definition) is 6. The van der Waals surface area contributed by atoms with Crippen LogP contribution in [0.5, 0.6) is 11.5 Å². The van der Waals surface area contributed by atoms with Crippen LogP contribution in [-0.2, 0) is 15.8 Å². The van der Waals surface area contributed by atoms with E-state index < -0.39 is 23.5 Å². The summed E-state index contributed by atoms with van der Waals surface area (Å²) in [6.45, 7) is 0.321. The molecule has 6 nitrogen and oxygen atoms in total. The number of aliphatic carboxylic acids is 1. The van der Waals surface area contributed by atoms with Crippen molar-refractivity contribution in [3.05, 3.63) is 52.2 Å². The van der Waals surface area contributed by atoms with Gasteiger partial charge in [0.05, 0.1) is 24.7 Å². The number of methoxy groups -OCH3 is 2. The molecule has 0 saturated carbocycles. The number of carbonyl (C=O) groups excluding carboxylic acids is 1. The summed E-state index contributed by atoms with van der Waals surface area (Å²) in [5.74, 6) is -1.78. The van der Waals surface area contributed by atoms with Crippen LogP contribution in [0.4, 0.5) is 17.6 Å². The molecule has 1 aliphatic rings. The normalized spacial score (nSPS) is 15.0. The molecule has 0 bridgehead atoms. The maximum absolute atomic E-state index is 14.7. The number of thioether (sulfide) groups is 1. The molecule has 12 heteroatoms. The van der Waals surface area contributed by atoms with Crippen molar-refractivity contribution in [2.24, 2.45) is 0 Å². The summed E-state index contributed by atoms with van der Waals surface area (Å²) in [7, 11) is 2.67. The van der Waals surface area contributed by atoms with E-state index in [1.165, 1.54) is 37.3 Å². The highest BCUT2D eigenvalue weighted by Crippen LogP contribution is 2.42. The number of carbonyl (C=O) groups is 2. The quantitative estimate of drug-likeness (QED) is 0.157. The predicted molar refractivity (Wildman–Crippen MR) is 136 cm³/mol. The van der Waals surface area contributed by atoms with Gasteiger partial charge in [0, 0.05) is 35.7 Å². The number of halogens is 4. The van der Waals surface area contributed by atoms with Gasteiger partial charge in [-0.15, -0.1) is 0 Å². The number of carboxylic acid groups (broad SMARTS) is 1. The summed E-state index contributed by atoms with van der Waals surface area (Å²) < 4.78 is 65.5. The molecule has 1 saturated heterocycles. The number of nitrogens with zero attached hydrogens (tertiary/aromatic N) is 1. The van der Waals surface area contributed by atoms with Crippen LogP contribution in [-0.4, -0.2) is 47.0 Å². The topological polar surface area (TPSA) is 76.1 Å². The Kier molecular flexibility index (Phi) is 9.19. The number of alkyl halides is 3. The van der Waals surface area contributed by atoms with E-state index in [2.05, 4.69) is 0 Å². The van der Waals surface area contributed by atoms with E-state index >= 15 is 0 Å². The predicted octanol–water partition coefficient (Wildman–Crippen LogP) is 6.37. The van der Waals surface area contributed by atoms with E-state index in [4.69, 9.17) is 26.8 Å². The van der Waals surface area contributed by atoms with Gasteiger partial charge in [0.25, 0.3) is 5.91 Å².